The Morgan fingerprint density at radius 2 is 2.29 bits per heavy atom. The van der Waals surface area contributed by atoms with Crippen LogP contribution in [0, 0.1) is 12.8 Å². The maximum absolute atomic E-state index is 12.1. The highest BCUT2D eigenvalue weighted by molar-refractivity contribution is 5.94. The first-order valence-corrected chi connectivity index (χ1v) is 5.49. The fraction of sp³-hybridized carbons (Fsp3) is 0.545. The predicted octanol–water partition coefficient (Wildman–Crippen LogP) is 0.920. The number of carboxylic acids is 1. The van der Waals surface area contributed by atoms with Crippen molar-refractivity contribution in [3.05, 3.63) is 17.8 Å². The van der Waals surface area contributed by atoms with Crippen molar-refractivity contribution in [3.8, 4) is 0 Å². The van der Waals surface area contributed by atoms with Crippen LogP contribution in [0.4, 0.5) is 0 Å². The maximum Gasteiger partial charge on any atom is 0.323 e. The average molecular weight is 238 g/mol. The summed E-state index contributed by atoms with van der Waals surface area (Å²) in [6, 6.07) is 0. The van der Waals surface area contributed by atoms with Crippen LogP contribution in [0.1, 0.15) is 29.1 Å². The zero-order valence-corrected chi connectivity index (χ0v) is 9.55. The molecule has 0 atom stereocenters. The van der Waals surface area contributed by atoms with Crippen LogP contribution in [0.25, 0.3) is 0 Å². The van der Waals surface area contributed by atoms with E-state index in [0.29, 0.717) is 18.2 Å². The summed E-state index contributed by atoms with van der Waals surface area (Å²) in [7, 11) is 0. The van der Waals surface area contributed by atoms with Crippen molar-refractivity contribution in [2.24, 2.45) is 5.92 Å². The lowest BCUT2D eigenvalue weighted by Gasteiger charge is -2.19. The number of amides is 1. The van der Waals surface area contributed by atoms with Gasteiger partial charge in [0, 0.05) is 6.54 Å². The second-order valence-corrected chi connectivity index (χ2v) is 4.29. The largest absolute Gasteiger partial charge is 0.480 e. The van der Waals surface area contributed by atoms with E-state index in [9.17, 15) is 9.59 Å². The van der Waals surface area contributed by atoms with E-state index in [2.05, 4.69) is 4.98 Å². The van der Waals surface area contributed by atoms with Gasteiger partial charge in [0.15, 0.2) is 6.39 Å². The molecule has 0 aromatic carbocycles. The van der Waals surface area contributed by atoms with Crippen LogP contribution >= 0.6 is 0 Å². The molecule has 1 aromatic rings. The summed E-state index contributed by atoms with van der Waals surface area (Å²) >= 11 is 0. The Hall–Kier alpha value is -1.85. The first kappa shape index (κ1) is 11.6. The smallest absolute Gasteiger partial charge is 0.323 e. The summed E-state index contributed by atoms with van der Waals surface area (Å²) in [5, 5.41) is 8.79. The Kier molecular flexibility index (Phi) is 3.12. The third-order valence-corrected chi connectivity index (χ3v) is 2.73. The number of carboxylic acid groups (broad SMARTS) is 1. The highest BCUT2D eigenvalue weighted by atomic mass is 16.4. The third kappa shape index (κ3) is 2.83. The minimum absolute atomic E-state index is 0.131. The van der Waals surface area contributed by atoms with Crippen LogP contribution < -0.4 is 0 Å². The molecule has 6 heteroatoms. The maximum atomic E-state index is 12.1. The van der Waals surface area contributed by atoms with Gasteiger partial charge >= 0.3 is 5.97 Å². The number of nitrogens with zero attached hydrogens (tertiary/aromatic N) is 2. The summed E-state index contributed by atoms with van der Waals surface area (Å²) in [5.41, 5.74) is 0.487. The molecular formula is C11H14N2O4. The van der Waals surface area contributed by atoms with Gasteiger partial charge in [0.2, 0.25) is 5.76 Å². The molecule has 1 N–H and O–H groups in total. The molecule has 1 aliphatic rings. The summed E-state index contributed by atoms with van der Waals surface area (Å²) in [5.74, 6) is -0.848. The number of aliphatic carboxylic acids is 1. The van der Waals surface area contributed by atoms with Crippen LogP contribution in [-0.4, -0.2) is 40.0 Å². The zero-order chi connectivity index (χ0) is 12.4. The highest BCUT2D eigenvalue weighted by Crippen LogP contribution is 2.30. The highest BCUT2D eigenvalue weighted by Gasteiger charge is 2.30. The number of aromatic nitrogens is 1. The summed E-state index contributed by atoms with van der Waals surface area (Å²) in [6.07, 6.45) is 3.30. The van der Waals surface area contributed by atoms with Gasteiger partial charge in [-0.25, -0.2) is 4.98 Å². The van der Waals surface area contributed by atoms with Crippen molar-refractivity contribution >= 4 is 11.9 Å². The van der Waals surface area contributed by atoms with Crippen LogP contribution in [0.5, 0.6) is 0 Å². The van der Waals surface area contributed by atoms with Crippen LogP contribution in [0.2, 0.25) is 0 Å². The standard InChI is InChI=1S/C11H14N2O4/c1-7-10(17-6-12-7)11(16)13(5-9(14)15)4-8-2-3-8/h6,8H,2-5H2,1H3,(H,14,15). The topological polar surface area (TPSA) is 83.6 Å². The number of carbonyl (C=O) groups excluding carboxylic acids is 1. The van der Waals surface area contributed by atoms with Crippen molar-refractivity contribution < 1.29 is 19.1 Å². The number of oxazole rings is 1. The predicted molar refractivity (Wildman–Crippen MR) is 57.5 cm³/mol. The molecule has 1 saturated carbocycles. The lowest BCUT2D eigenvalue weighted by Crippen LogP contribution is -2.37. The van der Waals surface area contributed by atoms with E-state index >= 15 is 0 Å². The SMILES string of the molecule is Cc1ncoc1C(=O)N(CC(=O)O)CC1CC1. The molecule has 0 unspecified atom stereocenters. The molecule has 0 spiro atoms. The average Bonchev–Trinajstić information content (AvgIpc) is 2.97. The van der Waals surface area contributed by atoms with Crippen molar-refractivity contribution in [1.82, 2.24) is 9.88 Å². The normalized spacial score (nSPS) is 14.6. The lowest BCUT2D eigenvalue weighted by atomic mass is 10.3. The second kappa shape index (κ2) is 4.57. The molecule has 0 aliphatic heterocycles. The Balaban J connectivity index is 2.10. The van der Waals surface area contributed by atoms with Crippen molar-refractivity contribution in [3.63, 3.8) is 0 Å². The van der Waals surface area contributed by atoms with Crippen LogP contribution in [0.3, 0.4) is 0 Å². The fourth-order valence-corrected chi connectivity index (χ4v) is 1.65. The van der Waals surface area contributed by atoms with Crippen molar-refractivity contribution in [2.75, 3.05) is 13.1 Å². The molecule has 2 rings (SSSR count). The number of hydrogen-bond donors (Lipinski definition) is 1. The van der Waals surface area contributed by atoms with E-state index in [0.717, 1.165) is 12.8 Å². The number of rotatable bonds is 5. The number of hydrogen-bond acceptors (Lipinski definition) is 4. The first-order chi connectivity index (χ1) is 8.08. The molecule has 6 nitrogen and oxygen atoms in total. The summed E-state index contributed by atoms with van der Waals surface area (Å²) in [4.78, 5) is 27.9. The van der Waals surface area contributed by atoms with Gasteiger partial charge in [-0.15, -0.1) is 0 Å². The monoisotopic (exact) mass is 238 g/mol. The molecule has 17 heavy (non-hydrogen) atoms. The molecule has 1 fully saturated rings. The second-order valence-electron chi connectivity index (χ2n) is 4.29. The van der Waals surface area contributed by atoms with Gasteiger partial charge in [0.25, 0.3) is 5.91 Å². The molecule has 1 amide bonds. The van der Waals surface area contributed by atoms with Crippen molar-refractivity contribution in [2.45, 2.75) is 19.8 Å². The van der Waals surface area contributed by atoms with Gasteiger partial charge in [-0.1, -0.05) is 0 Å². The van der Waals surface area contributed by atoms with Gasteiger partial charge in [-0.3, -0.25) is 9.59 Å². The minimum Gasteiger partial charge on any atom is -0.480 e. The molecule has 1 aromatic heterocycles. The number of carbonyl (C=O) groups is 2. The van der Waals surface area contributed by atoms with Crippen LogP contribution in [0.15, 0.2) is 10.8 Å². The number of aryl methyl sites for hydroxylation is 1. The molecule has 0 radical (unpaired) electrons. The first-order valence-electron chi connectivity index (χ1n) is 5.49. The third-order valence-electron chi connectivity index (χ3n) is 2.73. The van der Waals surface area contributed by atoms with E-state index in [-0.39, 0.29) is 12.3 Å². The van der Waals surface area contributed by atoms with Gasteiger partial charge in [-0.2, -0.15) is 0 Å². The Labute approximate surface area is 98.2 Å². The molecule has 1 aliphatic carbocycles. The van der Waals surface area contributed by atoms with Crippen LogP contribution in [-0.2, 0) is 4.79 Å². The van der Waals surface area contributed by atoms with Gasteiger partial charge in [0.1, 0.15) is 6.54 Å². The zero-order valence-electron chi connectivity index (χ0n) is 9.55. The van der Waals surface area contributed by atoms with E-state index in [4.69, 9.17) is 9.52 Å². The van der Waals surface area contributed by atoms with E-state index in [1.165, 1.54) is 11.3 Å². The lowest BCUT2D eigenvalue weighted by molar-refractivity contribution is -0.137. The molecule has 0 bridgehead atoms. The Morgan fingerprint density at radius 1 is 1.59 bits per heavy atom. The van der Waals surface area contributed by atoms with E-state index in [1.807, 2.05) is 0 Å². The van der Waals surface area contributed by atoms with Crippen molar-refractivity contribution in [1.29, 1.82) is 0 Å². The van der Waals surface area contributed by atoms with Gasteiger partial charge < -0.3 is 14.4 Å². The minimum atomic E-state index is -1.02. The van der Waals surface area contributed by atoms with E-state index in [1.54, 1.807) is 6.92 Å². The Bertz CT molecular complexity index is 436. The summed E-state index contributed by atoms with van der Waals surface area (Å²) in [6.45, 7) is 1.84. The van der Waals surface area contributed by atoms with Gasteiger partial charge in [-0.05, 0) is 25.7 Å². The van der Waals surface area contributed by atoms with E-state index < -0.39 is 11.9 Å². The molecular weight excluding hydrogens is 224 g/mol. The summed E-state index contributed by atoms with van der Waals surface area (Å²) < 4.78 is 5.00. The molecule has 1 heterocycles. The Morgan fingerprint density at radius 3 is 2.76 bits per heavy atom. The fourth-order valence-electron chi connectivity index (χ4n) is 1.65. The quantitative estimate of drug-likeness (QED) is 0.824. The molecule has 92 valence electrons. The molecule has 0 saturated heterocycles. The van der Waals surface area contributed by atoms with Gasteiger partial charge in [0.05, 0.1) is 5.69 Å².